The zero-order valence-electron chi connectivity index (χ0n) is 8.56. The van der Waals surface area contributed by atoms with Crippen LogP contribution in [-0.2, 0) is 0 Å². The molecule has 1 aliphatic heterocycles. The monoisotopic (exact) mass is 226 g/mol. The molecule has 0 unspecified atom stereocenters. The Bertz CT molecular complexity index is 210. The minimum absolute atomic E-state index is 0.0163. The van der Waals surface area contributed by atoms with Crippen LogP contribution in [0.2, 0.25) is 0 Å². The molecule has 0 aromatic carbocycles. The lowest BCUT2D eigenvalue weighted by molar-refractivity contribution is -0.230. The second-order valence-corrected chi connectivity index (χ2v) is 4.10. The molecular formula is C9H17F3N2O. The Morgan fingerprint density at radius 3 is 2.47 bits per heavy atom. The number of likely N-dealkylation sites (tertiary alicyclic amines) is 1. The molecule has 1 atom stereocenters. The van der Waals surface area contributed by atoms with E-state index in [0.29, 0.717) is 26.1 Å². The number of rotatable bonds is 4. The summed E-state index contributed by atoms with van der Waals surface area (Å²) in [6, 6.07) is 0. The van der Waals surface area contributed by atoms with Gasteiger partial charge in [-0.2, -0.15) is 13.2 Å². The normalized spacial score (nSPS) is 28.6. The molecule has 0 aromatic rings. The van der Waals surface area contributed by atoms with Crippen LogP contribution in [0.25, 0.3) is 0 Å². The van der Waals surface area contributed by atoms with Crippen LogP contribution in [0.3, 0.4) is 0 Å². The largest absolute Gasteiger partial charge is 0.397 e. The summed E-state index contributed by atoms with van der Waals surface area (Å²) in [6.07, 6.45) is -3.64. The Kier molecular flexibility index (Phi) is 3.97. The van der Waals surface area contributed by atoms with Gasteiger partial charge in [-0.15, -0.1) is 0 Å². The van der Waals surface area contributed by atoms with Crippen molar-refractivity contribution in [3.63, 3.8) is 0 Å². The van der Waals surface area contributed by atoms with Crippen molar-refractivity contribution in [1.29, 1.82) is 0 Å². The Hall–Kier alpha value is -0.330. The number of nitrogens with zero attached hydrogens (tertiary/aromatic N) is 1. The smallest absolute Gasteiger partial charge is 0.395 e. The van der Waals surface area contributed by atoms with Gasteiger partial charge < -0.3 is 15.7 Å². The van der Waals surface area contributed by atoms with Crippen molar-refractivity contribution < 1.29 is 18.3 Å². The summed E-state index contributed by atoms with van der Waals surface area (Å²) in [5.74, 6) is 0. The van der Waals surface area contributed by atoms with Crippen molar-refractivity contribution in [2.45, 2.75) is 19.0 Å². The van der Waals surface area contributed by atoms with Crippen LogP contribution in [0.1, 0.15) is 12.8 Å². The third-order valence-electron chi connectivity index (χ3n) is 3.02. The van der Waals surface area contributed by atoms with Crippen LogP contribution >= 0.6 is 0 Å². The van der Waals surface area contributed by atoms with Gasteiger partial charge in [0.1, 0.15) is 5.41 Å². The van der Waals surface area contributed by atoms with E-state index in [2.05, 4.69) is 0 Å². The minimum Gasteiger partial charge on any atom is -0.395 e. The fraction of sp³-hybridized carbons (Fsp3) is 1.00. The van der Waals surface area contributed by atoms with E-state index in [-0.39, 0.29) is 13.0 Å². The zero-order valence-corrected chi connectivity index (χ0v) is 8.56. The standard InChI is InChI=1S/C9H17F3N2O/c10-9(11,12)8(7-15)2-5-14(6-8)4-1-3-13/h15H,1-7,13H2/t8-/m0/s1. The molecule has 0 aliphatic carbocycles. The molecule has 0 spiro atoms. The number of hydrogen-bond acceptors (Lipinski definition) is 3. The summed E-state index contributed by atoms with van der Waals surface area (Å²) in [4.78, 5) is 1.72. The minimum atomic E-state index is -4.32. The maximum absolute atomic E-state index is 12.7. The first-order valence-corrected chi connectivity index (χ1v) is 5.05. The first-order valence-electron chi connectivity index (χ1n) is 5.05. The van der Waals surface area contributed by atoms with Gasteiger partial charge in [0, 0.05) is 6.54 Å². The van der Waals surface area contributed by atoms with Crippen molar-refractivity contribution in [3.8, 4) is 0 Å². The molecule has 0 bridgehead atoms. The van der Waals surface area contributed by atoms with Crippen LogP contribution < -0.4 is 5.73 Å². The molecule has 1 saturated heterocycles. The van der Waals surface area contributed by atoms with Crippen LogP contribution in [-0.4, -0.2) is 49.0 Å². The maximum atomic E-state index is 12.7. The number of alkyl halides is 3. The van der Waals surface area contributed by atoms with Crippen molar-refractivity contribution in [3.05, 3.63) is 0 Å². The third kappa shape index (κ3) is 2.62. The summed E-state index contributed by atoms with van der Waals surface area (Å²) in [6.45, 7) is 0.520. The molecule has 0 aromatic heterocycles. The van der Waals surface area contributed by atoms with Crippen LogP contribution in [0.4, 0.5) is 13.2 Å². The lowest BCUT2D eigenvalue weighted by Gasteiger charge is -2.29. The number of aliphatic hydroxyl groups is 1. The summed E-state index contributed by atoms with van der Waals surface area (Å²) < 4.78 is 38.1. The highest BCUT2D eigenvalue weighted by atomic mass is 19.4. The highest BCUT2D eigenvalue weighted by molar-refractivity contribution is 4.94. The SMILES string of the molecule is NCCCN1CC[C@](CO)(C(F)(F)F)C1. The molecule has 3 nitrogen and oxygen atoms in total. The van der Waals surface area contributed by atoms with E-state index in [1.807, 2.05) is 0 Å². The predicted octanol–water partition coefficient (Wildman–Crippen LogP) is 0.582. The van der Waals surface area contributed by atoms with E-state index < -0.39 is 18.2 Å². The molecule has 3 N–H and O–H groups in total. The van der Waals surface area contributed by atoms with E-state index in [1.54, 1.807) is 4.90 Å². The van der Waals surface area contributed by atoms with E-state index >= 15 is 0 Å². The van der Waals surface area contributed by atoms with E-state index in [4.69, 9.17) is 10.8 Å². The molecule has 0 saturated carbocycles. The average molecular weight is 226 g/mol. The van der Waals surface area contributed by atoms with Gasteiger partial charge in [-0.1, -0.05) is 0 Å². The van der Waals surface area contributed by atoms with Gasteiger partial charge in [0.25, 0.3) is 0 Å². The maximum Gasteiger partial charge on any atom is 0.397 e. The first-order chi connectivity index (χ1) is 6.95. The number of halogens is 3. The Labute approximate surface area is 87.0 Å². The Morgan fingerprint density at radius 2 is 2.07 bits per heavy atom. The fourth-order valence-electron chi connectivity index (χ4n) is 1.91. The molecule has 6 heteroatoms. The van der Waals surface area contributed by atoms with Crippen molar-refractivity contribution in [1.82, 2.24) is 4.90 Å². The molecular weight excluding hydrogens is 209 g/mol. The van der Waals surface area contributed by atoms with Gasteiger partial charge >= 0.3 is 6.18 Å². The number of aliphatic hydroxyl groups excluding tert-OH is 1. The zero-order chi connectivity index (χ0) is 11.5. The predicted molar refractivity (Wildman–Crippen MR) is 50.3 cm³/mol. The van der Waals surface area contributed by atoms with Gasteiger partial charge in [0.05, 0.1) is 6.61 Å². The molecule has 1 heterocycles. The van der Waals surface area contributed by atoms with E-state index in [0.717, 1.165) is 0 Å². The Balaban J connectivity index is 2.57. The summed E-state index contributed by atoms with van der Waals surface area (Å²) in [7, 11) is 0. The summed E-state index contributed by atoms with van der Waals surface area (Å²) in [5, 5.41) is 8.92. The highest BCUT2D eigenvalue weighted by Crippen LogP contribution is 2.44. The number of nitrogens with two attached hydrogens (primary N) is 1. The second-order valence-electron chi connectivity index (χ2n) is 4.10. The molecule has 1 fully saturated rings. The van der Waals surface area contributed by atoms with E-state index in [9.17, 15) is 13.2 Å². The van der Waals surface area contributed by atoms with Crippen molar-refractivity contribution >= 4 is 0 Å². The average Bonchev–Trinajstić information content (AvgIpc) is 2.58. The van der Waals surface area contributed by atoms with Crippen molar-refractivity contribution in [2.75, 3.05) is 32.8 Å². The Morgan fingerprint density at radius 1 is 1.40 bits per heavy atom. The van der Waals surface area contributed by atoms with E-state index in [1.165, 1.54) is 0 Å². The highest BCUT2D eigenvalue weighted by Gasteiger charge is 2.57. The van der Waals surface area contributed by atoms with Gasteiger partial charge in [0.2, 0.25) is 0 Å². The molecule has 0 radical (unpaired) electrons. The summed E-state index contributed by atoms with van der Waals surface area (Å²) in [5.41, 5.74) is 3.38. The topological polar surface area (TPSA) is 49.5 Å². The molecule has 90 valence electrons. The molecule has 1 aliphatic rings. The third-order valence-corrected chi connectivity index (χ3v) is 3.02. The second kappa shape index (κ2) is 4.67. The molecule has 0 amide bonds. The van der Waals surface area contributed by atoms with Crippen LogP contribution in [0.15, 0.2) is 0 Å². The molecule has 1 rings (SSSR count). The van der Waals surface area contributed by atoms with Gasteiger partial charge in [0.15, 0.2) is 0 Å². The lowest BCUT2D eigenvalue weighted by atomic mass is 9.87. The first kappa shape index (κ1) is 12.7. The van der Waals surface area contributed by atoms with Crippen LogP contribution in [0.5, 0.6) is 0 Å². The van der Waals surface area contributed by atoms with Crippen molar-refractivity contribution in [2.24, 2.45) is 11.1 Å². The van der Waals surface area contributed by atoms with Gasteiger partial charge in [-0.05, 0) is 32.5 Å². The molecule has 15 heavy (non-hydrogen) atoms. The number of hydrogen-bond donors (Lipinski definition) is 2. The van der Waals surface area contributed by atoms with Gasteiger partial charge in [-0.25, -0.2) is 0 Å². The lowest BCUT2D eigenvalue weighted by Crippen LogP contribution is -2.43. The quantitative estimate of drug-likeness (QED) is 0.737. The summed E-state index contributed by atoms with van der Waals surface area (Å²) >= 11 is 0. The fourth-order valence-corrected chi connectivity index (χ4v) is 1.91. The van der Waals surface area contributed by atoms with Crippen LogP contribution in [0, 0.1) is 5.41 Å². The van der Waals surface area contributed by atoms with Gasteiger partial charge in [-0.3, -0.25) is 0 Å².